The minimum atomic E-state index is -0.0149. The molecule has 0 radical (unpaired) electrons. The second-order valence-corrected chi connectivity index (χ2v) is 8.03. The number of rotatable bonds is 7. The molecule has 1 aromatic carbocycles. The van der Waals surface area contributed by atoms with Crippen molar-refractivity contribution in [3.05, 3.63) is 29.3 Å². The average Bonchev–Trinajstić information content (AvgIpc) is 3.14. The van der Waals surface area contributed by atoms with E-state index in [1.807, 2.05) is 31.2 Å². The number of nitrogens with zero attached hydrogens (tertiary/aromatic N) is 3. The van der Waals surface area contributed by atoms with Crippen LogP contribution in [0.1, 0.15) is 20.3 Å². The number of benzene rings is 1. The first-order valence-corrected chi connectivity index (χ1v) is 10.8. The van der Waals surface area contributed by atoms with Gasteiger partial charge in [0, 0.05) is 44.3 Å². The van der Waals surface area contributed by atoms with Crippen molar-refractivity contribution in [1.82, 2.24) is 15.1 Å². The highest BCUT2D eigenvalue weighted by Crippen LogP contribution is 2.20. The molecule has 3 rings (SSSR count). The molecule has 2 aliphatic rings. The topological polar surface area (TPSA) is 49.3 Å². The summed E-state index contributed by atoms with van der Waals surface area (Å²) in [5.41, 5.74) is 0. The number of hydrogen-bond acceptors (Lipinski definition) is 4. The number of ether oxygens (including phenoxy) is 2. The Morgan fingerprint density at radius 3 is 2.86 bits per heavy atom. The lowest BCUT2D eigenvalue weighted by Crippen LogP contribution is -2.42. The minimum absolute atomic E-state index is 0. The van der Waals surface area contributed by atoms with Crippen molar-refractivity contribution >= 4 is 41.5 Å². The predicted molar refractivity (Wildman–Crippen MR) is 130 cm³/mol. The van der Waals surface area contributed by atoms with Crippen LogP contribution in [-0.2, 0) is 4.74 Å². The Morgan fingerprint density at radius 1 is 1.34 bits per heavy atom. The van der Waals surface area contributed by atoms with Gasteiger partial charge in [-0.25, -0.2) is 4.99 Å². The van der Waals surface area contributed by atoms with Gasteiger partial charge in [-0.3, -0.25) is 4.90 Å². The van der Waals surface area contributed by atoms with Gasteiger partial charge in [0.25, 0.3) is 0 Å². The van der Waals surface area contributed by atoms with E-state index in [9.17, 15) is 0 Å². The van der Waals surface area contributed by atoms with Crippen molar-refractivity contribution in [2.24, 2.45) is 10.9 Å². The Kier molecular flexibility index (Phi) is 10.8. The fraction of sp³-hybridized carbons (Fsp3) is 0.667. The lowest BCUT2D eigenvalue weighted by Gasteiger charge is -2.29. The quantitative estimate of drug-likeness (QED) is 0.329. The predicted octanol–water partition coefficient (Wildman–Crippen LogP) is 3.34. The van der Waals surface area contributed by atoms with Crippen LogP contribution in [-0.4, -0.2) is 80.9 Å². The molecule has 29 heavy (non-hydrogen) atoms. The van der Waals surface area contributed by atoms with Crippen LogP contribution in [0.5, 0.6) is 5.75 Å². The molecule has 8 heteroatoms. The van der Waals surface area contributed by atoms with E-state index in [0.717, 1.165) is 64.2 Å². The van der Waals surface area contributed by atoms with Crippen molar-refractivity contribution in [1.29, 1.82) is 0 Å². The molecule has 0 amide bonds. The monoisotopic (exact) mass is 536 g/mol. The van der Waals surface area contributed by atoms with E-state index in [0.29, 0.717) is 17.5 Å². The fourth-order valence-corrected chi connectivity index (χ4v) is 3.95. The van der Waals surface area contributed by atoms with E-state index in [1.54, 1.807) is 0 Å². The summed E-state index contributed by atoms with van der Waals surface area (Å²) in [6.45, 7) is 12.8. The van der Waals surface area contributed by atoms with Crippen LogP contribution >= 0.6 is 35.6 Å². The number of likely N-dealkylation sites (tertiary alicyclic amines) is 1. The maximum Gasteiger partial charge on any atom is 0.194 e. The van der Waals surface area contributed by atoms with Crippen LogP contribution in [0.15, 0.2) is 29.3 Å². The molecule has 2 heterocycles. The highest BCUT2D eigenvalue weighted by Gasteiger charge is 2.27. The molecule has 0 aliphatic carbocycles. The maximum atomic E-state index is 6.03. The SMILES string of the molecule is CCNC(=NCC(C)Oc1cccc(Cl)c1)N1CCC(CN2CCOCC2)C1.I. The second kappa shape index (κ2) is 12.8. The lowest BCUT2D eigenvalue weighted by molar-refractivity contribution is 0.0315. The first-order chi connectivity index (χ1) is 13.6. The van der Waals surface area contributed by atoms with Gasteiger partial charge < -0.3 is 19.7 Å². The zero-order valence-electron chi connectivity index (χ0n) is 17.5. The van der Waals surface area contributed by atoms with E-state index in [-0.39, 0.29) is 30.1 Å². The fourth-order valence-electron chi connectivity index (χ4n) is 3.77. The molecule has 6 nitrogen and oxygen atoms in total. The smallest absolute Gasteiger partial charge is 0.194 e. The number of nitrogens with one attached hydrogen (secondary N) is 1. The molecule has 0 spiro atoms. The summed E-state index contributed by atoms with van der Waals surface area (Å²) < 4.78 is 11.4. The maximum absolute atomic E-state index is 6.03. The number of aliphatic imine (C=N–C) groups is 1. The Balaban J connectivity index is 0.00000300. The molecule has 2 saturated heterocycles. The lowest BCUT2D eigenvalue weighted by atomic mass is 10.1. The summed E-state index contributed by atoms with van der Waals surface area (Å²) in [6.07, 6.45) is 1.20. The van der Waals surface area contributed by atoms with Crippen LogP contribution in [0, 0.1) is 5.92 Å². The summed E-state index contributed by atoms with van der Waals surface area (Å²) >= 11 is 6.03. The highest BCUT2D eigenvalue weighted by atomic mass is 127. The molecule has 2 atom stereocenters. The summed E-state index contributed by atoms with van der Waals surface area (Å²) in [6, 6.07) is 7.51. The first kappa shape index (κ1) is 24.5. The molecular weight excluding hydrogens is 503 g/mol. The van der Waals surface area contributed by atoms with E-state index in [2.05, 4.69) is 22.0 Å². The van der Waals surface area contributed by atoms with E-state index in [4.69, 9.17) is 26.1 Å². The number of guanidine groups is 1. The van der Waals surface area contributed by atoms with Crippen LogP contribution in [0.3, 0.4) is 0 Å². The minimum Gasteiger partial charge on any atom is -0.489 e. The molecule has 2 aliphatic heterocycles. The summed E-state index contributed by atoms with van der Waals surface area (Å²) in [5, 5.41) is 4.13. The Bertz CT molecular complexity index is 643. The second-order valence-electron chi connectivity index (χ2n) is 7.59. The van der Waals surface area contributed by atoms with Crippen LogP contribution in [0.4, 0.5) is 0 Å². The Labute approximate surface area is 197 Å². The van der Waals surface area contributed by atoms with Crippen LogP contribution < -0.4 is 10.1 Å². The molecule has 2 unspecified atom stereocenters. The molecule has 0 bridgehead atoms. The normalized spacial score (nSPS) is 21.6. The van der Waals surface area contributed by atoms with Crippen LogP contribution in [0.2, 0.25) is 5.02 Å². The van der Waals surface area contributed by atoms with E-state index >= 15 is 0 Å². The van der Waals surface area contributed by atoms with Crippen LogP contribution in [0.25, 0.3) is 0 Å². The summed E-state index contributed by atoms with van der Waals surface area (Å²) in [5.74, 6) is 2.47. The highest BCUT2D eigenvalue weighted by molar-refractivity contribution is 14.0. The van der Waals surface area contributed by atoms with Crippen molar-refractivity contribution in [3.63, 3.8) is 0 Å². The third-order valence-corrected chi connectivity index (χ3v) is 5.41. The Hall–Kier alpha value is -0.770. The van der Waals surface area contributed by atoms with Gasteiger partial charge in [0.05, 0.1) is 19.8 Å². The van der Waals surface area contributed by atoms with Crippen molar-refractivity contribution in [2.45, 2.75) is 26.4 Å². The Morgan fingerprint density at radius 2 is 2.14 bits per heavy atom. The third kappa shape index (κ3) is 8.11. The molecule has 2 fully saturated rings. The average molecular weight is 537 g/mol. The number of morpholine rings is 1. The van der Waals surface area contributed by atoms with Gasteiger partial charge >= 0.3 is 0 Å². The van der Waals surface area contributed by atoms with E-state index < -0.39 is 0 Å². The first-order valence-electron chi connectivity index (χ1n) is 10.4. The van der Waals surface area contributed by atoms with E-state index in [1.165, 1.54) is 6.42 Å². The number of halogens is 2. The standard InChI is InChI=1S/C21H33ClN4O2.HI/c1-3-23-21(24-14-17(2)28-20-6-4-5-19(22)13-20)26-8-7-18(16-26)15-25-9-11-27-12-10-25;/h4-6,13,17-18H,3,7-12,14-16H2,1-2H3,(H,23,24);1H. The van der Waals surface area contributed by atoms with Gasteiger partial charge in [0.15, 0.2) is 5.96 Å². The van der Waals surface area contributed by atoms with Gasteiger partial charge in [-0.2, -0.15) is 0 Å². The summed E-state index contributed by atoms with van der Waals surface area (Å²) in [7, 11) is 0. The largest absolute Gasteiger partial charge is 0.489 e. The zero-order chi connectivity index (χ0) is 19.8. The van der Waals surface area contributed by atoms with Crippen molar-refractivity contribution in [2.75, 3.05) is 59.0 Å². The van der Waals surface area contributed by atoms with Gasteiger partial charge in [-0.15, -0.1) is 24.0 Å². The van der Waals surface area contributed by atoms with Gasteiger partial charge in [-0.05, 0) is 44.4 Å². The van der Waals surface area contributed by atoms with Gasteiger partial charge in [0.2, 0.25) is 0 Å². The van der Waals surface area contributed by atoms with Gasteiger partial charge in [0.1, 0.15) is 11.9 Å². The number of hydrogen-bond donors (Lipinski definition) is 1. The molecule has 164 valence electrons. The molecule has 1 aromatic rings. The molecular formula is C21H34ClIN4O2. The molecule has 1 N–H and O–H groups in total. The van der Waals surface area contributed by atoms with Gasteiger partial charge in [-0.1, -0.05) is 17.7 Å². The van der Waals surface area contributed by atoms with Crippen molar-refractivity contribution in [3.8, 4) is 5.75 Å². The molecule has 0 aromatic heterocycles. The summed E-state index contributed by atoms with van der Waals surface area (Å²) in [4.78, 5) is 9.76. The zero-order valence-corrected chi connectivity index (χ0v) is 20.6. The molecule has 0 saturated carbocycles. The third-order valence-electron chi connectivity index (χ3n) is 5.17. The van der Waals surface area contributed by atoms with Crippen molar-refractivity contribution < 1.29 is 9.47 Å².